The zero-order valence-electron chi connectivity index (χ0n) is 14.4. The van der Waals surface area contributed by atoms with Crippen LogP contribution in [0.2, 0.25) is 0 Å². The van der Waals surface area contributed by atoms with Crippen molar-refractivity contribution < 1.29 is 22.7 Å². The molecule has 0 aliphatic carbocycles. The summed E-state index contributed by atoms with van der Waals surface area (Å²) >= 11 is 0. The average molecular weight is 364 g/mol. The fourth-order valence-electron chi connectivity index (χ4n) is 2.26. The second-order valence-electron chi connectivity index (χ2n) is 5.36. The molecule has 0 heterocycles. The van der Waals surface area contributed by atoms with Crippen molar-refractivity contribution >= 4 is 27.3 Å². The van der Waals surface area contributed by atoms with Crippen LogP contribution < -0.4 is 19.5 Å². The van der Waals surface area contributed by atoms with Crippen molar-refractivity contribution in [2.45, 2.75) is 18.7 Å². The molecule has 0 aromatic heterocycles. The molecule has 0 bridgehead atoms. The van der Waals surface area contributed by atoms with Crippen molar-refractivity contribution in [1.29, 1.82) is 0 Å². The summed E-state index contributed by atoms with van der Waals surface area (Å²) in [4.78, 5) is 11.2. The van der Waals surface area contributed by atoms with Gasteiger partial charge in [-0.1, -0.05) is 6.07 Å². The van der Waals surface area contributed by atoms with E-state index in [0.717, 1.165) is 5.56 Å². The molecule has 2 N–H and O–H groups in total. The van der Waals surface area contributed by atoms with Crippen LogP contribution in [0.4, 0.5) is 11.4 Å². The molecule has 8 heteroatoms. The van der Waals surface area contributed by atoms with Crippen LogP contribution in [0.5, 0.6) is 11.5 Å². The van der Waals surface area contributed by atoms with Gasteiger partial charge in [-0.05, 0) is 42.8 Å². The number of aryl methyl sites for hydroxylation is 1. The highest BCUT2D eigenvalue weighted by Crippen LogP contribution is 2.32. The SMILES string of the molecule is COc1ccc(NC(C)=O)cc1NS(=O)(=O)c1cc(C)ccc1OC. The van der Waals surface area contributed by atoms with E-state index in [1.807, 2.05) is 0 Å². The van der Waals surface area contributed by atoms with Crippen LogP contribution in [0.1, 0.15) is 12.5 Å². The highest BCUT2D eigenvalue weighted by Gasteiger charge is 2.21. The Labute approximate surface area is 147 Å². The van der Waals surface area contributed by atoms with Gasteiger partial charge in [0.25, 0.3) is 10.0 Å². The van der Waals surface area contributed by atoms with Crippen LogP contribution in [0.25, 0.3) is 0 Å². The van der Waals surface area contributed by atoms with Crippen molar-refractivity contribution in [3.05, 3.63) is 42.0 Å². The molecule has 2 aromatic rings. The number of carbonyl (C=O) groups excluding carboxylic acids is 1. The topological polar surface area (TPSA) is 93.7 Å². The van der Waals surface area contributed by atoms with Gasteiger partial charge in [0, 0.05) is 12.6 Å². The molecule has 2 rings (SSSR count). The third kappa shape index (κ3) is 4.42. The molecular weight excluding hydrogens is 344 g/mol. The van der Waals surface area contributed by atoms with Crippen LogP contribution in [0.3, 0.4) is 0 Å². The van der Waals surface area contributed by atoms with E-state index in [4.69, 9.17) is 9.47 Å². The van der Waals surface area contributed by atoms with E-state index in [1.54, 1.807) is 31.2 Å². The molecule has 25 heavy (non-hydrogen) atoms. The van der Waals surface area contributed by atoms with E-state index in [9.17, 15) is 13.2 Å². The lowest BCUT2D eigenvalue weighted by Crippen LogP contribution is -2.15. The number of methoxy groups -OCH3 is 2. The quantitative estimate of drug-likeness (QED) is 0.822. The van der Waals surface area contributed by atoms with Crippen LogP contribution in [0.15, 0.2) is 41.3 Å². The van der Waals surface area contributed by atoms with Gasteiger partial charge in [-0.3, -0.25) is 9.52 Å². The predicted octanol–water partition coefficient (Wildman–Crippen LogP) is 2.77. The molecule has 0 aliphatic rings. The zero-order chi connectivity index (χ0) is 18.6. The molecule has 0 spiro atoms. The number of ether oxygens (including phenoxy) is 2. The number of carbonyl (C=O) groups is 1. The van der Waals surface area contributed by atoms with Gasteiger partial charge < -0.3 is 14.8 Å². The fraction of sp³-hybridized carbons (Fsp3) is 0.235. The number of nitrogens with one attached hydrogen (secondary N) is 2. The largest absolute Gasteiger partial charge is 0.495 e. The number of rotatable bonds is 6. The third-order valence-corrected chi connectivity index (χ3v) is 4.76. The Morgan fingerprint density at radius 3 is 2.24 bits per heavy atom. The Morgan fingerprint density at radius 2 is 1.64 bits per heavy atom. The standard InChI is InChI=1S/C17H20N2O5S/c1-11-5-7-16(24-4)17(9-11)25(21,22)19-14-10-13(18-12(2)20)6-8-15(14)23-3/h5-10,19H,1-4H3,(H,18,20). The first-order valence-corrected chi connectivity index (χ1v) is 8.88. The van der Waals surface area contributed by atoms with Crippen molar-refractivity contribution in [2.24, 2.45) is 0 Å². The predicted molar refractivity (Wildman–Crippen MR) is 95.8 cm³/mol. The highest BCUT2D eigenvalue weighted by molar-refractivity contribution is 7.92. The third-order valence-electron chi connectivity index (χ3n) is 3.37. The summed E-state index contributed by atoms with van der Waals surface area (Å²) in [5.41, 5.74) is 1.43. The summed E-state index contributed by atoms with van der Waals surface area (Å²) in [5, 5.41) is 2.60. The van der Waals surface area contributed by atoms with E-state index in [2.05, 4.69) is 10.0 Å². The smallest absolute Gasteiger partial charge is 0.265 e. The maximum atomic E-state index is 12.8. The van der Waals surface area contributed by atoms with Gasteiger partial charge in [-0.15, -0.1) is 0 Å². The Bertz CT molecular complexity index is 894. The number of benzene rings is 2. The number of sulfonamides is 1. The maximum Gasteiger partial charge on any atom is 0.265 e. The van der Waals surface area contributed by atoms with Gasteiger partial charge >= 0.3 is 0 Å². The van der Waals surface area contributed by atoms with Gasteiger partial charge in [0.2, 0.25) is 5.91 Å². The van der Waals surface area contributed by atoms with Gasteiger partial charge in [0.15, 0.2) is 0 Å². The number of hydrogen-bond acceptors (Lipinski definition) is 5. The first-order valence-electron chi connectivity index (χ1n) is 7.40. The molecule has 0 radical (unpaired) electrons. The lowest BCUT2D eigenvalue weighted by atomic mass is 10.2. The first-order chi connectivity index (χ1) is 11.8. The number of hydrogen-bond donors (Lipinski definition) is 2. The molecule has 0 unspecified atom stereocenters. The minimum atomic E-state index is -3.92. The second-order valence-corrected chi connectivity index (χ2v) is 7.01. The fourth-order valence-corrected chi connectivity index (χ4v) is 3.58. The molecule has 0 saturated carbocycles. The zero-order valence-corrected chi connectivity index (χ0v) is 15.2. The van der Waals surface area contributed by atoms with Crippen LogP contribution >= 0.6 is 0 Å². The number of amides is 1. The molecule has 2 aromatic carbocycles. The molecule has 134 valence electrons. The lowest BCUT2D eigenvalue weighted by Gasteiger charge is -2.15. The average Bonchev–Trinajstić information content (AvgIpc) is 2.54. The minimum Gasteiger partial charge on any atom is -0.495 e. The van der Waals surface area contributed by atoms with Crippen molar-refractivity contribution in [3.8, 4) is 11.5 Å². The summed E-state index contributed by atoms with van der Waals surface area (Å²) in [7, 11) is -1.09. The van der Waals surface area contributed by atoms with E-state index in [0.29, 0.717) is 11.4 Å². The Morgan fingerprint density at radius 1 is 1.00 bits per heavy atom. The molecule has 0 saturated heterocycles. The summed E-state index contributed by atoms with van der Waals surface area (Å²) in [6.45, 7) is 3.15. The van der Waals surface area contributed by atoms with Crippen LogP contribution in [-0.4, -0.2) is 28.5 Å². The van der Waals surface area contributed by atoms with E-state index >= 15 is 0 Å². The van der Waals surface area contributed by atoms with Gasteiger partial charge in [0.05, 0.1) is 19.9 Å². The minimum absolute atomic E-state index is 0.0157. The van der Waals surface area contributed by atoms with Crippen molar-refractivity contribution in [1.82, 2.24) is 0 Å². The summed E-state index contributed by atoms with van der Waals surface area (Å²) < 4.78 is 38.4. The van der Waals surface area contributed by atoms with Gasteiger partial charge in [-0.25, -0.2) is 8.42 Å². The Balaban J connectivity index is 2.47. The summed E-state index contributed by atoms with van der Waals surface area (Å²) in [6, 6.07) is 9.54. The van der Waals surface area contributed by atoms with Crippen molar-refractivity contribution in [2.75, 3.05) is 24.3 Å². The first kappa shape index (κ1) is 18.6. The lowest BCUT2D eigenvalue weighted by molar-refractivity contribution is -0.114. The van der Waals surface area contributed by atoms with Crippen LogP contribution in [0, 0.1) is 6.92 Å². The van der Waals surface area contributed by atoms with Crippen LogP contribution in [-0.2, 0) is 14.8 Å². The number of anilines is 2. The van der Waals surface area contributed by atoms with Gasteiger partial charge in [-0.2, -0.15) is 0 Å². The van der Waals surface area contributed by atoms with E-state index < -0.39 is 10.0 Å². The molecule has 0 fully saturated rings. The molecule has 0 atom stereocenters. The van der Waals surface area contributed by atoms with E-state index in [1.165, 1.54) is 33.3 Å². The van der Waals surface area contributed by atoms with Crippen molar-refractivity contribution in [3.63, 3.8) is 0 Å². The highest BCUT2D eigenvalue weighted by atomic mass is 32.2. The second kappa shape index (κ2) is 7.43. The molecular formula is C17H20N2O5S. The summed E-state index contributed by atoms with van der Waals surface area (Å²) in [5.74, 6) is 0.290. The molecule has 1 amide bonds. The molecule has 7 nitrogen and oxygen atoms in total. The van der Waals surface area contributed by atoms with E-state index in [-0.39, 0.29) is 22.2 Å². The maximum absolute atomic E-state index is 12.8. The monoisotopic (exact) mass is 364 g/mol. The normalized spacial score (nSPS) is 10.9. The Hall–Kier alpha value is -2.74. The van der Waals surface area contributed by atoms with Gasteiger partial charge in [0.1, 0.15) is 16.4 Å². The molecule has 0 aliphatic heterocycles. The summed E-state index contributed by atoms with van der Waals surface area (Å²) in [6.07, 6.45) is 0. The Kier molecular flexibility index (Phi) is 5.53.